The maximum absolute atomic E-state index is 11.9. The van der Waals surface area contributed by atoms with Crippen LogP contribution in [-0.4, -0.2) is 15.7 Å². The highest BCUT2D eigenvalue weighted by Gasteiger charge is 2.11. The lowest BCUT2D eigenvalue weighted by atomic mass is 10.2. The summed E-state index contributed by atoms with van der Waals surface area (Å²) in [5.74, 6) is -0.175. The number of halogens is 2. The molecule has 2 rings (SSSR count). The fraction of sp³-hybridized carbons (Fsp3) is 0.375. The summed E-state index contributed by atoms with van der Waals surface area (Å²) >= 11 is 13.6. The van der Waals surface area contributed by atoms with Crippen LogP contribution in [-0.2, 0) is 17.9 Å². The van der Waals surface area contributed by atoms with Crippen molar-refractivity contribution in [3.8, 4) is 0 Å². The van der Waals surface area contributed by atoms with Gasteiger partial charge in [-0.1, -0.05) is 36.5 Å². The number of hydrogen-bond acceptors (Lipinski definition) is 3. The van der Waals surface area contributed by atoms with Crippen LogP contribution < -0.4 is 5.32 Å². The molecule has 0 radical (unpaired) electrons. The van der Waals surface area contributed by atoms with Gasteiger partial charge in [0.15, 0.2) is 0 Å². The SMILES string of the molecule is CCCCn1nc(C)c(/C=C/C(=O)NCc2ccc(Cl)s2)c1Cl. The summed E-state index contributed by atoms with van der Waals surface area (Å²) in [5.41, 5.74) is 1.61. The number of unbranched alkanes of at least 4 members (excludes halogenated alkanes) is 1. The smallest absolute Gasteiger partial charge is 0.244 e. The Hall–Kier alpha value is -1.30. The van der Waals surface area contributed by atoms with Gasteiger partial charge in [0.25, 0.3) is 0 Å². The third kappa shape index (κ3) is 5.09. The molecule has 0 aromatic carbocycles. The zero-order valence-corrected chi connectivity index (χ0v) is 15.4. The number of aryl methyl sites for hydroxylation is 2. The standard InChI is InChI=1S/C16H19Cl2N3OS/c1-3-4-9-21-16(18)13(11(2)20-21)6-8-15(22)19-10-12-5-7-14(17)23-12/h5-8H,3-4,9-10H2,1-2H3,(H,19,22)/b8-6+. The second-order valence-electron chi connectivity index (χ2n) is 5.12. The van der Waals surface area contributed by atoms with E-state index in [4.69, 9.17) is 23.2 Å². The van der Waals surface area contributed by atoms with E-state index in [0.29, 0.717) is 16.0 Å². The predicted molar refractivity (Wildman–Crippen MR) is 97.1 cm³/mol. The van der Waals surface area contributed by atoms with Crippen LogP contribution in [0.2, 0.25) is 9.49 Å². The average Bonchev–Trinajstić information content (AvgIpc) is 3.05. The number of nitrogens with zero attached hydrogens (tertiary/aromatic N) is 2. The Labute approximate surface area is 150 Å². The van der Waals surface area contributed by atoms with Crippen LogP contribution in [0.3, 0.4) is 0 Å². The molecule has 23 heavy (non-hydrogen) atoms. The van der Waals surface area contributed by atoms with Crippen LogP contribution in [0, 0.1) is 6.92 Å². The number of nitrogens with one attached hydrogen (secondary N) is 1. The molecule has 0 atom stereocenters. The number of hydrogen-bond donors (Lipinski definition) is 1. The number of carbonyl (C=O) groups is 1. The summed E-state index contributed by atoms with van der Waals surface area (Å²) in [4.78, 5) is 12.9. The van der Waals surface area contributed by atoms with E-state index >= 15 is 0 Å². The largest absolute Gasteiger partial charge is 0.348 e. The first-order chi connectivity index (χ1) is 11.0. The monoisotopic (exact) mass is 371 g/mol. The van der Waals surface area contributed by atoms with E-state index in [0.717, 1.165) is 35.5 Å². The lowest BCUT2D eigenvalue weighted by Crippen LogP contribution is -2.19. The Bertz CT molecular complexity index is 706. The van der Waals surface area contributed by atoms with E-state index in [2.05, 4.69) is 17.3 Å². The van der Waals surface area contributed by atoms with Gasteiger partial charge in [-0.05, 0) is 31.6 Å². The molecule has 0 spiro atoms. The van der Waals surface area contributed by atoms with Gasteiger partial charge in [0.05, 0.1) is 16.6 Å². The normalized spacial score (nSPS) is 11.3. The number of aromatic nitrogens is 2. The van der Waals surface area contributed by atoms with Gasteiger partial charge in [-0.25, -0.2) is 0 Å². The molecule has 0 aliphatic carbocycles. The van der Waals surface area contributed by atoms with Crippen molar-refractivity contribution in [3.63, 3.8) is 0 Å². The molecular formula is C16H19Cl2N3OS. The zero-order chi connectivity index (χ0) is 16.8. The van der Waals surface area contributed by atoms with Crippen molar-refractivity contribution in [2.45, 2.75) is 39.8 Å². The summed E-state index contributed by atoms with van der Waals surface area (Å²) in [6.45, 7) is 5.26. The fourth-order valence-corrected chi connectivity index (χ4v) is 3.40. The molecule has 4 nitrogen and oxygen atoms in total. The Kier molecular flexibility index (Phi) is 6.69. The number of amides is 1. The molecule has 0 aliphatic rings. The molecule has 2 aromatic heterocycles. The minimum Gasteiger partial charge on any atom is -0.348 e. The van der Waals surface area contributed by atoms with E-state index < -0.39 is 0 Å². The van der Waals surface area contributed by atoms with Crippen molar-refractivity contribution < 1.29 is 4.79 Å². The Morgan fingerprint density at radius 2 is 2.22 bits per heavy atom. The van der Waals surface area contributed by atoms with E-state index in [-0.39, 0.29) is 5.91 Å². The molecule has 0 unspecified atom stereocenters. The van der Waals surface area contributed by atoms with Gasteiger partial charge < -0.3 is 5.32 Å². The topological polar surface area (TPSA) is 46.9 Å². The van der Waals surface area contributed by atoms with Crippen LogP contribution in [0.4, 0.5) is 0 Å². The van der Waals surface area contributed by atoms with Gasteiger partial charge in [0.1, 0.15) is 5.15 Å². The molecule has 0 aliphatic heterocycles. The number of thiophene rings is 1. The van der Waals surface area contributed by atoms with E-state index in [1.807, 2.05) is 19.1 Å². The van der Waals surface area contributed by atoms with E-state index in [1.54, 1.807) is 10.8 Å². The van der Waals surface area contributed by atoms with E-state index in [9.17, 15) is 4.79 Å². The van der Waals surface area contributed by atoms with Gasteiger partial charge in [-0.2, -0.15) is 5.10 Å². The van der Waals surface area contributed by atoms with Crippen LogP contribution in [0.25, 0.3) is 6.08 Å². The Morgan fingerprint density at radius 1 is 1.43 bits per heavy atom. The van der Waals surface area contributed by atoms with Crippen molar-refractivity contribution in [2.24, 2.45) is 0 Å². The number of rotatable bonds is 7. The zero-order valence-electron chi connectivity index (χ0n) is 13.1. The molecule has 0 fully saturated rings. The molecular weight excluding hydrogens is 353 g/mol. The molecule has 7 heteroatoms. The molecule has 1 N–H and O–H groups in total. The molecule has 0 saturated carbocycles. The molecule has 2 aromatic rings. The van der Waals surface area contributed by atoms with Gasteiger partial charge in [-0.15, -0.1) is 11.3 Å². The lowest BCUT2D eigenvalue weighted by Gasteiger charge is -2.01. The van der Waals surface area contributed by atoms with Crippen molar-refractivity contribution in [3.05, 3.63) is 43.8 Å². The highest BCUT2D eigenvalue weighted by molar-refractivity contribution is 7.16. The third-order valence-electron chi connectivity index (χ3n) is 3.30. The lowest BCUT2D eigenvalue weighted by molar-refractivity contribution is -0.116. The third-order valence-corrected chi connectivity index (χ3v) is 4.93. The summed E-state index contributed by atoms with van der Waals surface area (Å²) in [7, 11) is 0. The average molecular weight is 372 g/mol. The Morgan fingerprint density at radius 3 is 2.87 bits per heavy atom. The van der Waals surface area contributed by atoms with Gasteiger partial charge in [0.2, 0.25) is 5.91 Å². The molecule has 2 heterocycles. The maximum Gasteiger partial charge on any atom is 0.244 e. The van der Waals surface area contributed by atoms with Crippen LogP contribution in [0.5, 0.6) is 0 Å². The first-order valence-corrected chi connectivity index (χ1v) is 9.01. The maximum atomic E-state index is 11.9. The van der Waals surface area contributed by atoms with Crippen molar-refractivity contribution in [2.75, 3.05) is 0 Å². The minimum atomic E-state index is -0.175. The quantitative estimate of drug-likeness (QED) is 0.717. The molecule has 0 bridgehead atoms. The summed E-state index contributed by atoms with van der Waals surface area (Å²) < 4.78 is 2.50. The van der Waals surface area contributed by atoms with Crippen molar-refractivity contribution >= 4 is 46.5 Å². The van der Waals surface area contributed by atoms with Gasteiger partial charge >= 0.3 is 0 Å². The van der Waals surface area contributed by atoms with E-state index in [1.165, 1.54) is 17.4 Å². The summed E-state index contributed by atoms with van der Waals surface area (Å²) in [6.07, 6.45) is 5.29. The Balaban J connectivity index is 1.96. The van der Waals surface area contributed by atoms with Crippen LogP contribution in [0.15, 0.2) is 18.2 Å². The first kappa shape index (κ1) is 18.0. The summed E-state index contributed by atoms with van der Waals surface area (Å²) in [5, 5.41) is 7.80. The molecule has 1 amide bonds. The molecule has 124 valence electrons. The molecule has 0 saturated heterocycles. The second-order valence-corrected chi connectivity index (χ2v) is 7.28. The minimum absolute atomic E-state index is 0.175. The van der Waals surface area contributed by atoms with Crippen LogP contribution in [0.1, 0.15) is 35.9 Å². The van der Waals surface area contributed by atoms with Gasteiger partial charge in [0, 0.05) is 23.1 Å². The van der Waals surface area contributed by atoms with Crippen LogP contribution >= 0.6 is 34.5 Å². The van der Waals surface area contributed by atoms with Gasteiger partial charge in [-0.3, -0.25) is 9.48 Å². The predicted octanol–water partition coefficient (Wildman–Crippen LogP) is 4.69. The van der Waals surface area contributed by atoms with Crippen molar-refractivity contribution in [1.82, 2.24) is 15.1 Å². The summed E-state index contributed by atoms with van der Waals surface area (Å²) in [6, 6.07) is 3.72. The highest BCUT2D eigenvalue weighted by atomic mass is 35.5. The highest BCUT2D eigenvalue weighted by Crippen LogP contribution is 2.22. The first-order valence-electron chi connectivity index (χ1n) is 7.44. The second kappa shape index (κ2) is 8.52. The fourth-order valence-electron chi connectivity index (χ4n) is 2.05. The number of carbonyl (C=O) groups excluding carboxylic acids is 1. The van der Waals surface area contributed by atoms with Crippen molar-refractivity contribution in [1.29, 1.82) is 0 Å².